The van der Waals surface area contributed by atoms with E-state index in [2.05, 4.69) is 22.1 Å². The normalized spacial score (nSPS) is 18.9. The fraction of sp³-hybridized carbons (Fsp3) is 0.538. The first kappa shape index (κ1) is 23.9. The molecule has 6 nitrogen and oxygen atoms in total. The van der Waals surface area contributed by atoms with E-state index >= 15 is 0 Å². The number of nitrogens with zero attached hydrogens (tertiary/aromatic N) is 2. The van der Waals surface area contributed by atoms with Crippen molar-refractivity contribution < 1.29 is 19.4 Å². The van der Waals surface area contributed by atoms with Crippen LogP contribution in [0.5, 0.6) is 0 Å². The minimum Gasteiger partial charge on any atom is -0.476 e. The van der Waals surface area contributed by atoms with Gasteiger partial charge in [0, 0.05) is 12.0 Å². The second kappa shape index (κ2) is 9.80. The summed E-state index contributed by atoms with van der Waals surface area (Å²) in [5, 5.41) is 9.41. The van der Waals surface area contributed by atoms with Crippen LogP contribution in [-0.2, 0) is 16.0 Å². The summed E-state index contributed by atoms with van der Waals surface area (Å²) in [6.45, 7) is 9.39. The molecule has 1 heterocycles. The Morgan fingerprint density at radius 1 is 1.06 bits per heavy atom. The first-order valence-electron chi connectivity index (χ1n) is 11.5. The molecule has 1 aliphatic rings. The second-order valence-corrected chi connectivity index (χ2v) is 9.74. The monoisotopic (exact) mass is 438 g/mol. The van der Waals surface area contributed by atoms with Crippen LogP contribution in [0.2, 0.25) is 0 Å². The lowest BCUT2D eigenvalue weighted by Gasteiger charge is -2.29. The maximum Gasteiger partial charge on any atom is 0.356 e. The average molecular weight is 439 g/mol. The summed E-state index contributed by atoms with van der Waals surface area (Å²) in [7, 11) is 0. The molecule has 0 bridgehead atoms. The van der Waals surface area contributed by atoms with Crippen molar-refractivity contribution in [3.63, 3.8) is 0 Å². The second-order valence-electron chi connectivity index (χ2n) is 9.74. The highest BCUT2D eigenvalue weighted by atomic mass is 16.6. The molecule has 0 spiro atoms. The predicted octanol–water partition coefficient (Wildman–Crippen LogP) is 5.72. The molecule has 1 fully saturated rings. The van der Waals surface area contributed by atoms with Gasteiger partial charge in [-0.2, -0.15) is 0 Å². The summed E-state index contributed by atoms with van der Waals surface area (Å²) in [5.74, 6) is -0.288. The van der Waals surface area contributed by atoms with Gasteiger partial charge in [-0.3, -0.25) is 9.78 Å². The van der Waals surface area contributed by atoms with E-state index < -0.39 is 11.6 Å². The number of esters is 1. The molecule has 2 aromatic rings. The van der Waals surface area contributed by atoms with E-state index in [0.717, 1.165) is 36.9 Å². The Kier molecular flexibility index (Phi) is 7.32. The largest absolute Gasteiger partial charge is 0.476 e. The van der Waals surface area contributed by atoms with Crippen molar-refractivity contribution in [2.75, 3.05) is 0 Å². The number of aromatic carboxylic acids is 1. The van der Waals surface area contributed by atoms with Crippen LogP contribution < -0.4 is 0 Å². The number of hydrogen-bond acceptors (Lipinski definition) is 5. The van der Waals surface area contributed by atoms with Gasteiger partial charge in [0.1, 0.15) is 5.60 Å². The van der Waals surface area contributed by atoms with Crippen LogP contribution in [0, 0.1) is 12.8 Å². The molecule has 1 aromatic carbocycles. The smallest absolute Gasteiger partial charge is 0.356 e. The molecule has 3 rings (SSSR count). The molecule has 0 saturated heterocycles. The molecule has 1 N–H and O–H groups in total. The zero-order valence-electron chi connectivity index (χ0n) is 19.8. The van der Waals surface area contributed by atoms with E-state index in [9.17, 15) is 14.7 Å². The van der Waals surface area contributed by atoms with Crippen LogP contribution in [-0.4, -0.2) is 32.6 Å². The Labute approximate surface area is 190 Å². The van der Waals surface area contributed by atoms with Gasteiger partial charge in [0.2, 0.25) is 0 Å². The van der Waals surface area contributed by atoms with Crippen LogP contribution in [0.25, 0.3) is 11.3 Å². The number of carbonyl (C=O) groups is 2. The topological polar surface area (TPSA) is 89.4 Å². The molecule has 0 unspecified atom stereocenters. The SMILES string of the molecule is CCc1nc(C)c(C(=O)O)nc1-c1ccc([C@H]2CC[C@H](CC(=O)OC(C)(C)C)CC2)cc1. The first-order chi connectivity index (χ1) is 15.1. The van der Waals surface area contributed by atoms with Gasteiger partial charge in [-0.15, -0.1) is 0 Å². The van der Waals surface area contributed by atoms with Gasteiger partial charge in [-0.1, -0.05) is 31.2 Å². The zero-order chi connectivity index (χ0) is 23.5. The number of carboxylic acids is 1. The number of aromatic nitrogens is 2. The van der Waals surface area contributed by atoms with Crippen molar-refractivity contribution >= 4 is 11.9 Å². The van der Waals surface area contributed by atoms with Crippen molar-refractivity contribution in [3.8, 4) is 11.3 Å². The molecule has 1 aromatic heterocycles. The lowest BCUT2D eigenvalue weighted by Crippen LogP contribution is -2.26. The third kappa shape index (κ3) is 5.93. The van der Waals surface area contributed by atoms with Crippen LogP contribution in [0.1, 0.15) is 93.2 Å². The number of benzene rings is 1. The average Bonchev–Trinajstić information content (AvgIpc) is 2.72. The molecule has 1 aliphatic carbocycles. The predicted molar refractivity (Wildman–Crippen MR) is 124 cm³/mol. The van der Waals surface area contributed by atoms with Crippen LogP contribution >= 0.6 is 0 Å². The third-order valence-corrected chi connectivity index (χ3v) is 6.06. The highest BCUT2D eigenvalue weighted by Gasteiger charge is 2.26. The number of carboxylic acid groups (broad SMARTS) is 1. The molecule has 1 saturated carbocycles. The molecular weight excluding hydrogens is 404 g/mol. The highest BCUT2D eigenvalue weighted by molar-refractivity contribution is 5.87. The van der Waals surface area contributed by atoms with Gasteiger partial charge < -0.3 is 9.84 Å². The zero-order valence-corrected chi connectivity index (χ0v) is 19.8. The van der Waals surface area contributed by atoms with Crippen molar-refractivity contribution in [3.05, 3.63) is 46.9 Å². The van der Waals surface area contributed by atoms with Crippen LogP contribution in [0.15, 0.2) is 24.3 Å². The number of hydrogen-bond donors (Lipinski definition) is 1. The molecule has 0 atom stereocenters. The van der Waals surface area contributed by atoms with Gasteiger partial charge in [-0.25, -0.2) is 9.78 Å². The standard InChI is InChI=1S/C26H34N2O4/c1-6-21-24(28-23(25(30)31)16(2)27-21)20-13-11-19(12-14-20)18-9-7-17(8-10-18)15-22(29)32-26(3,4)5/h11-14,17-18H,6-10,15H2,1-5H3,(H,30,31)/t17-,18-. The molecule has 0 amide bonds. The minimum absolute atomic E-state index is 0.00425. The highest BCUT2D eigenvalue weighted by Crippen LogP contribution is 2.38. The van der Waals surface area contributed by atoms with E-state index in [1.165, 1.54) is 5.56 Å². The van der Waals surface area contributed by atoms with E-state index in [1.807, 2.05) is 39.8 Å². The van der Waals surface area contributed by atoms with E-state index in [4.69, 9.17) is 4.74 Å². The van der Waals surface area contributed by atoms with Crippen LogP contribution in [0.3, 0.4) is 0 Å². The van der Waals surface area contributed by atoms with Crippen molar-refractivity contribution in [1.82, 2.24) is 9.97 Å². The lowest BCUT2D eigenvalue weighted by molar-refractivity contribution is -0.156. The number of rotatable bonds is 6. The summed E-state index contributed by atoms with van der Waals surface area (Å²) in [5.41, 5.74) is 3.63. The Morgan fingerprint density at radius 2 is 1.69 bits per heavy atom. The quantitative estimate of drug-likeness (QED) is 0.580. The molecule has 6 heteroatoms. The van der Waals surface area contributed by atoms with Gasteiger partial charge in [0.25, 0.3) is 0 Å². The summed E-state index contributed by atoms with van der Waals surface area (Å²) < 4.78 is 5.47. The first-order valence-corrected chi connectivity index (χ1v) is 11.5. The fourth-order valence-corrected chi connectivity index (χ4v) is 4.48. The summed E-state index contributed by atoms with van der Waals surface area (Å²) in [6.07, 6.45) is 5.35. The number of ether oxygens (including phenoxy) is 1. The summed E-state index contributed by atoms with van der Waals surface area (Å²) in [4.78, 5) is 32.5. The van der Waals surface area contributed by atoms with E-state index in [1.54, 1.807) is 6.92 Å². The maximum absolute atomic E-state index is 12.1. The molecule has 0 aliphatic heterocycles. The number of carbonyl (C=O) groups excluding carboxylic acids is 1. The van der Waals surface area contributed by atoms with Gasteiger partial charge in [0.05, 0.1) is 17.1 Å². The number of aryl methyl sites for hydroxylation is 2. The molecule has 172 valence electrons. The summed E-state index contributed by atoms with van der Waals surface area (Å²) >= 11 is 0. The Balaban J connectivity index is 1.67. The van der Waals surface area contributed by atoms with Crippen molar-refractivity contribution in [2.24, 2.45) is 5.92 Å². The minimum atomic E-state index is -1.06. The fourth-order valence-electron chi connectivity index (χ4n) is 4.48. The van der Waals surface area contributed by atoms with Crippen molar-refractivity contribution in [2.45, 2.75) is 84.7 Å². The van der Waals surface area contributed by atoms with Gasteiger partial charge in [-0.05, 0) is 77.2 Å². The molecular formula is C26H34N2O4. The Morgan fingerprint density at radius 3 is 2.22 bits per heavy atom. The third-order valence-electron chi connectivity index (χ3n) is 6.06. The van der Waals surface area contributed by atoms with E-state index in [0.29, 0.717) is 36.1 Å². The molecule has 32 heavy (non-hydrogen) atoms. The van der Waals surface area contributed by atoms with E-state index in [-0.39, 0.29) is 11.7 Å². The maximum atomic E-state index is 12.1. The van der Waals surface area contributed by atoms with Crippen molar-refractivity contribution in [1.29, 1.82) is 0 Å². The lowest BCUT2D eigenvalue weighted by atomic mass is 9.77. The Bertz CT molecular complexity index is 969. The van der Waals surface area contributed by atoms with Gasteiger partial charge in [0.15, 0.2) is 5.69 Å². The van der Waals surface area contributed by atoms with Crippen LogP contribution in [0.4, 0.5) is 0 Å². The van der Waals surface area contributed by atoms with Gasteiger partial charge >= 0.3 is 11.9 Å². The Hall–Kier alpha value is -2.76. The molecule has 0 radical (unpaired) electrons. The summed E-state index contributed by atoms with van der Waals surface area (Å²) in [6, 6.07) is 8.28.